The minimum Gasteiger partial charge on any atom is -0.354 e. The number of carbonyl (C=O) groups is 1. The quantitative estimate of drug-likeness (QED) is 0.698. The normalized spacial score (nSPS) is 29.1. The van der Waals surface area contributed by atoms with Gasteiger partial charge in [-0.05, 0) is 25.2 Å². The highest BCUT2D eigenvalue weighted by molar-refractivity contribution is 8.00. The summed E-state index contributed by atoms with van der Waals surface area (Å²) in [7, 11) is -3.10. The van der Waals surface area contributed by atoms with E-state index in [1.165, 1.54) is 0 Å². The molecule has 0 aromatic heterocycles. The van der Waals surface area contributed by atoms with Crippen LogP contribution in [0.2, 0.25) is 0 Å². The van der Waals surface area contributed by atoms with Crippen LogP contribution in [-0.2, 0) is 14.8 Å². The van der Waals surface area contributed by atoms with Gasteiger partial charge in [-0.15, -0.1) is 11.8 Å². The van der Waals surface area contributed by atoms with Crippen LogP contribution < -0.4 is 10.6 Å². The molecule has 2 rings (SSSR count). The maximum atomic E-state index is 12.3. The Kier molecular flexibility index (Phi) is 7.39. The van der Waals surface area contributed by atoms with E-state index in [1.54, 1.807) is 4.31 Å². The summed E-state index contributed by atoms with van der Waals surface area (Å²) in [4.78, 5) is 11.7. The van der Waals surface area contributed by atoms with Crippen LogP contribution >= 0.6 is 11.8 Å². The van der Waals surface area contributed by atoms with Crippen LogP contribution in [0, 0.1) is 11.8 Å². The van der Waals surface area contributed by atoms with E-state index in [-0.39, 0.29) is 29.0 Å². The number of nitrogens with one attached hydrogen (secondary N) is 2. The van der Waals surface area contributed by atoms with E-state index in [9.17, 15) is 13.2 Å². The lowest BCUT2D eigenvalue weighted by atomic mass is 9.99. The molecule has 0 radical (unpaired) electrons. The van der Waals surface area contributed by atoms with Crippen molar-refractivity contribution in [3.8, 4) is 0 Å². The highest BCUT2D eigenvalue weighted by atomic mass is 32.2. The second-order valence-corrected chi connectivity index (χ2v) is 10.4. The average Bonchev–Trinajstić information content (AvgIpc) is 3.01. The van der Waals surface area contributed by atoms with Gasteiger partial charge in [-0.25, -0.2) is 12.7 Å². The van der Waals surface area contributed by atoms with Crippen molar-refractivity contribution in [1.82, 2.24) is 14.9 Å². The second-order valence-electron chi connectivity index (χ2n) is 7.09. The van der Waals surface area contributed by atoms with Crippen molar-refractivity contribution in [3.63, 3.8) is 0 Å². The molecule has 2 heterocycles. The topological polar surface area (TPSA) is 78.5 Å². The fourth-order valence-electron chi connectivity index (χ4n) is 3.23. The molecular weight excluding hydrogens is 346 g/mol. The summed E-state index contributed by atoms with van der Waals surface area (Å²) in [6.45, 7) is 7.61. The van der Waals surface area contributed by atoms with Crippen LogP contribution in [0.1, 0.15) is 40.0 Å². The van der Waals surface area contributed by atoms with Gasteiger partial charge < -0.3 is 5.32 Å². The van der Waals surface area contributed by atoms with Crippen LogP contribution in [0.15, 0.2) is 0 Å². The molecule has 2 aliphatic rings. The molecule has 0 aromatic rings. The van der Waals surface area contributed by atoms with Gasteiger partial charge in [-0.2, -0.15) is 0 Å². The molecular formula is C16H31N3O3S2. The highest BCUT2D eigenvalue weighted by Crippen LogP contribution is 2.31. The van der Waals surface area contributed by atoms with Gasteiger partial charge in [0.2, 0.25) is 15.9 Å². The molecule has 0 aromatic carbocycles. The molecule has 140 valence electrons. The minimum atomic E-state index is -3.10. The summed E-state index contributed by atoms with van der Waals surface area (Å²) in [5, 5.41) is 6.84. The van der Waals surface area contributed by atoms with Crippen LogP contribution in [-0.4, -0.2) is 61.2 Å². The van der Waals surface area contributed by atoms with Gasteiger partial charge in [0.1, 0.15) is 0 Å². The Morgan fingerprint density at radius 3 is 2.83 bits per heavy atom. The first-order chi connectivity index (χ1) is 11.3. The Balaban J connectivity index is 1.83. The van der Waals surface area contributed by atoms with Crippen molar-refractivity contribution in [2.45, 2.75) is 51.4 Å². The maximum Gasteiger partial charge on any atom is 0.222 e. The number of sulfonamides is 1. The molecule has 2 aliphatic heterocycles. The zero-order valence-corrected chi connectivity index (χ0v) is 16.6. The van der Waals surface area contributed by atoms with Crippen molar-refractivity contribution < 1.29 is 13.2 Å². The van der Waals surface area contributed by atoms with Crippen molar-refractivity contribution in [1.29, 1.82) is 0 Å². The molecule has 3 atom stereocenters. The summed E-state index contributed by atoms with van der Waals surface area (Å²) in [5.74, 6) is 1.64. The van der Waals surface area contributed by atoms with Gasteiger partial charge in [-0.3, -0.25) is 10.1 Å². The lowest BCUT2D eigenvalue weighted by Gasteiger charge is -2.34. The molecule has 0 saturated carbocycles. The van der Waals surface area contributed by atoms with Gasteiger partial charge >= 0.3 is 0 Å². The molecule has 6 nitrogen and oxygen atoms in total. The molecule has 2 saturated heterocycles. The van der Waals surface area contributed by atoms with Crippen molar-refractivity contribution in [3.05, 3.63) is 0 Å². The maximum absolute atomic E-state index is 12.3. The molecule has 24 heavy (non-hydrogen) atoms. The van der Waals surface area contributed by atoms with Crippen LogP contribution in [0.25, 0.3) is 0 Å². The molecule has 0 spiro atoms. The Hall–Kier alpha value is -0.310. The number of nitrogens with zero attached hydrogens (tertiary/aromatic N) is 1. The highest BCUT2D eigenvalue weighted by Gasteiger charge is 2.36. The van der Waals surface area contributed by atoms with E-state index < -0.39 is 10.0 Å². The summed E-state index contributed by atoms with van der Waals surface area (Å²) in [5.41, 5.74) is 0. The predicted octanol–water partition coefficient (Wildman–Crippen LogP) is 1.24. The monoisotopic (exact) mass is 377 g/mol. The molecule has 8 heteroatoms. The van der Waals surface area contributed by atoms with Gasteiger partial charge in [0.25, 0.3) is 0 Å². The smallest absolute Gasteiger partial charge is 0.222 e. The largest absolute Gasteiger partial charge is 0.354 e. The number of amides is 1. The van der Waals surface area contributed by atoms with Gasteiger partial charge in [0.05, 0.1) is 11.1 Å². The predicted molar refractivity (Wildman–Crippen MR) is 99.4 cm³/mol. The fourth-order valence-corrected chi connectivity index (χ4v) is 6.26. The lowest BCUT2D eigenvalue weighted by molar-refractivity contribution is -0.124. The minimum absolute atomic E-state index is 0.00512. The Morgan fingerprint density at radius 2 is 2.17 bits per heavy atom. The third-order valence-corrected chi connectivity index (χ3v) is 8.15. The zero-order valence-electron chi connectivity index (χ0n) is 15.0. The summed E-state index contributed by atoms with van der Waals surface area (Å²) in [6.07, 6.45) is 2.66. The SMILES string of the molecule is CCCS(=O)(=O)N1CCCC(C2NC(CNC(=O)C(C)C)CS2)C1. The number of rotatable bonds is 7. The fraction of sp³-hybridized carbons (Fsp3) is 0.938. The third kappa shape index (κ3) is 5.34. The molecule has 2 fully saturated rings. The lowest BCUT2D eigenvalue weighted by Crippen LogP contribution is -2.48. The van der Waals surface area contributed by atoms with Crippen LogP contribution in [0.4, 0.5) is 0 Å². The number of hydrogen-bond acceptors (Lipinski definition) is 5. The van der Waals surface area contributed by atoms with E-state index in [0.29, 0.717) is 32.0 Å². The van der Waals surface area contributed by atoms with Gasteiger partial charge in [-0.1, -0.05) is 20.8 Å². The first-order valence-corrected chi connectivity index (χ1v) is 11.6. The van der Waals surface area contributed by atoms with E-state index in [4.69, 9.17) is 0 Å². The standard InChI is InChI=1S/C16H31N3O3S2/c1-4-8-24(21,22)19-7-5-6-13(10-19)16-18-14(11-23-16)9-17-15(20)12(2)3/h12-14,16,18H,4-11H2,1-3H3,(H,17,20). The second kappa shape index (κ2) is 8.87. The third-order valence-electron chi connectivity index (χ3n) is 4.63. The number of piperidine rings is 1. The summed E-state index contributed by atoms with van der Waals surface area (Å²) < 4.78 is 26.3. The van der Waals surface area contributed by atoms with Gasteiger partial charge in [0, 0.05) is 37.3 Å². The molecule has 0 aliphatic carbocycles. The van der Waals surface area contributed by atoms with Crippen molar-refractivity contribution in [2.75, 3.05) is 31.1 Å². The molecule has 2 N–H and O–H groups in total. The van der Waals surface area contributed by atoms with Crippen LogP contribution in [0.5, 0.6) is 0 Å². The summed E-state index contributed by atoms with van der Waals surface area (Å²) >= 11 is 1.86. The van der Waals surface area contributed by atoms with E-state index in [0.717, 1.165) is 18.6 Å². The number of hydrogen-bond donors (Lipinski definition) is 2. The van der Waals surface area contributed by atoms with E-state index in [1.807, 2.05) is 32.5 Å². The molecule has 3 unspecified atom stereocenters. The number of carbonyl (C=O) groups excluding carboxylic acids is 1. The zero-order chi connectivity index (χ0) is 17.7. The van der Waals surface area contributed by atoms with E-state index in [2.05, 4.69) is 10.6 Å². The Bertz CT molecular complexity index is 525. The van der Waals surface area contributed by atoms with Crippen molar-refractivity contribution in [2.24, 2.45) is 11.8 Å². The first-order valence-electron chi connectivity index (χ1n) is 8.96. The average molecular weight is 378 g/mol. The molecule has 1 amide bonds. The summed E-state index contributed by atoms with van der Waals surface area (Å²) in [6, 6.07) is 0.269. The Labute approximate surface area is 150 Å². The van der Waals surface area contributed by atoms with Gasteiger partial charge in [0.15, 0.2) is 0 Å². The first kappa shape index (κ1) is 20.0. The Morgan fingerprint density at radius 1 is 1.42 bits per heavy atom. The van der Waals surface area contributed by atoms with E-state index >= 15 is 0 Å². The number of thioether (sulfide) groups is 1. The van der Waals surface area contributed by atoms with Crippen LogP contribution in [0.3, 0.4) is 0 Å². The molecule has 0 bridgehead atoms. The van der Waals surface area contributed by atoms with Crippen molar-refractivity contribution >= 4 is 27.7 Å².